The third-order valence-corrected chi connectivity index (χ3v) is 3.92. The Labute approximate surface area is 161 Å². The van der Waals surface area contributed by atoms with Gasteiger partial charge in [0.1, 0.15) is 5.58 Å². The van der Waals surface area contributed by atoms with E-state index in [1.54, 1.807) is 0 Å². The maximum atomic E-state index is 12.2. The van der Waals surface area contributed by atoms with E-state index in [9.17, 15) is 28.8 Å². The van der Waals surface area contributed by atoms with E-state index < -0.39 is 41.3 Å². The molecule has 0 radical (unpaired) electrons. The standard InChI is InChI=1S/C18H13N3O8/c1-28-18(27)19-9-3-4-10-8(6-13(23)29-12(10)7-9)2-5-11(22)14-15(24)20-17(26)21-16(14)25/h2-7,14H,1H3,(H,19,27)(H2,20,21,24,25,26)/b5-2+. The molecule has 3 N–H and O–H groups in total. The van der Waals surface area contributed by atoms with Crippen molar-refractivity contribution in [3.8, 4) is 0 Å². The summed E-state index contributed by atoms with van der Waals surface area (Å²) in [7, 11) is 1.19. The first-order chi connectivity index (χ1) is 13.8. The maximum absolute atomic E-state index is 12.2. The van der Waals surface area contributed by atoms with Crippen molar-refractivity contribution in [1.82, 2.24) is 10.6 Å². The summed E-state index contributed by atoms with van der Waals surface area (Å²) in [6.45, 7) is 0. The van der Waals surface area contributed by atoms with Crippen LogP contribution in [0.25, 0.3) is 17.0 Å². The van der Waals surface area contributed by atoms with Crippen molar-refractivity contribution < 1.29 is 33.1 Å². The fraction of sp³-hybridized carbons (Fsp3) is 0.111. The van der Waals surface area contributed by atoms with E-state index in [4.69, 9.17) is 4.42 Å². The van der Waals surface area contributed by atoms with Gasteiger partial charge in [0.2, 0.25) is 11.8 Å². The Hall–Kier alpha value is -4.28. The van der Waals surface area contributed by atoms with Gasteiger partial charge in [-0.1, -0.05) is 6.08 Å². The molecule has 2 aromatic rings. The lowest BCUT2D eigenvalue weighted by Gasteiger charge is -2.18. The zero-order chi connectivity index (χ0) is 21.1. The molecule has 1 aromatic heterocycles. The van der Waals surface area contributed by atoms with Gasteiger partial charge in [-0.3, -0.25) is 30.3 Å². The second-order valence-corrected chi connectivity index (χ2v) is 5.82. The molecule has 11 nitrogen and oxygen atoms in total. The van der Waals surface area contributed by atoms with Crippen molar-refractivity contribution in [3.63, 3.8) is 0 Å². The second-order valence-electron chi connectivity index (χ2n) is 5.82. The molecule has 3 rings (SSSR count). The zero-order valence-electron chi connectivity index (χ0n) is 14.8. The predicted molar refractivity (Wildman–Crippen MR) is 97.7 cm³/mol. The van der Waals surface area contributed by atoms with Crippen LogP contribution < -0.4 is 21.6 Å². The zero-order valence-corrected chi connectivity index (χ0v) is 14.8. The van der Waals surface area contributed by atoms with Gasteiger partial charge in [-0.25, -0.2) is 14.4 Å². The van der Waals surface area contributed by atoms with E-state index in [0.29, 0.717) is 11.1 Å². The number of hydrogen-bond acceptors (Lipinski definition) is 8. The van der Waals surface area contributed by atoms with Gasteiger partial charge in [-0.15, -0.1) is 0 Å². The number of hydrogen-bond donors (Lipinski definition) is 3. The molecule has 0 spiro atoms. The highest BCUT2D eigenvalue weighted by atomic mass is 16.5. The van der Waals surface area contributed by atoms with E-state index in [1.165, 1.54) is 31.4 Å². The molecular formula is C18H13N3O8. The van der Waals surface area contributed by atoms with E-state index in [-0.39, 0.29) is 11.1 Å². The number of amides is 5. The van der Waals surface area contributed by atoms with E-state index in [0.717, 1.165) is 12.1 Å². The van der Waals surface area contributed by atoms with Gasteiger partial charge in [0.25, 0.3) is 0 Å². The molecular weight excluding hydrogens is 386 g/mol. The fourth-order valence-corrected chi connectivity index (χ4v) is 2.62. The first-order valence-corrected chi connectivity index (χ1v) is 8.09. The van der Waals surface area contributed by atoms with E-state index in [2.05, 4.69) is 10.1 Å². The van der Waals surface area contributed by atoms with Gasteiger partial charge in [0.15, 0.2) is 11.7 Å². The predicted octanol–water partition coefficient (Wildman–Crippen LogP) is 0.536. The van der Waals surface area contributed by atoms with Crippen LogP contribution in [0, 0.1) is 5.92 Å². The van der Waals surface area contributed by atoms with Crippen LogP contribution in [0.15, 0.2) is 39.6 Å². The van der Waals surface area contributed by atoms with Gasteiger partial charge < -0.3 is 9.15 Å². The monoisotopic (exact) mass is 399 g/mol. The summed E-state index contributed by atoms with van der Waals surface area (Å²) in [5.74, 6) is -4.67. The maximum Gasteiger partial charge on any atom is 0.411 e. The lowest BCUT2D eigenvalue weighted by molar-refractivity contribution is -0.140. The number of anilines is 1. The highest BCUT2D eigenvalue weighted by Gasteiger charge is 2.38. The molecule has 29 heavy (non-hydrogen) atoms. The number of rotatable bonds is 4. The van der Waals surface area contributed by atoms with Crippen molar-refractivity contribution >= 4 is 52.5 Å². The van der Waals surface area contributed by atoms with Gasteiger partial charge >= 0.3 is 17.7 Å². The molecule has 1 saturated heterocycles. The number of carbonyl (C=O) groups is 5. The lowest BCUT2D eigenvalue weighted by atomic mass is 9.99. The van der Waals surface area contributed by atoms with E-state index >= 15 is 0 Å². The Kier molecular flexibility index (Phi) is 5.21. The van der Waals surface area contributed by atoms with Crippen LogP contribution in [0.1, 0.15) is 5.56 Å². The topological polar surface area (TPSA) is 161 Å². The van der Waals surface area contributed by atoms with Gasteiger partial charge in [-0.2, -0.15) is 0 Å². The number of barbiturate groups is 1. The number of methoxy groups -OCH3 is 1. The van der Waals surface area contributed by atoms with Gasteiger partial charge in [0.05, 0.1) is 7.11 Å². The fourth-order valence-electron chi connectivity index (χ4n) is 2.62. The summed E-state index contributed by atoms with van der Waals surface area (Å²) in [5, 5.41) is 6.50. The summed E-state index contributed by atoms with van der Waals surface area (Å²) in [4.78, 5) is 69.9. The number of allylic oxidation sites excluding steroid dienone is 1. The number of urea groups is 1. The summed E-state index contributed by atoms with van der Waals surface area (Å²) >= 11 is 0. The van der Waals surface area contributed by atoms with Crippen molar-refractivity contribution in [1.29, 1.82) is 0 Å². The Morgan fingerprint density at radius 2 is 1.79 bits per heavy atom. The molecule has 1 aromatic carbocycles. The van der Waals surface area contributed by atoms with Crippen molar-refractivity contribution in [2.75, 3.05) is 12.4 Å². The number of carbonyl (C=O) groups excluding carboxylic acids is 5. The number of ketones is 1. The minimum Gasteiger partial charge on any atom is -0.453 e. The average molecular weight is 399 g/mol. The number of fused-ring (bicyclic) bond motifs is 1. The quantitative estimate of drug-likeness (QED) is 0.381. The molecule has 11 heteroatoms. The van der Waals surface area contributed by atoms with Crippen LogP contribution >= 0.6 is 0 Å². The largest absolute Gasteiger partial charge is 0.453 e. The van der Waals surface area contributed by atoms with Crippen LogP contribution in [0.3, 0.4) is 0 Å². The number of ether oxygens (including phenoxy) is 1. The minimum absolute atomic E-state index is 0.122. The normalized spacial score (nSPS) is 14.6. The van der Waals surface area contributed by atoms with Crippen LogP contribution in [0.4, 0.5) is 15.3 Å². The Morgan fingerprint density at radius 3 is 2.45 bits per heavy atom. The summed E-state index contributed by atoms with van der Waals surface area (Å²) in [5.41, 5.74) is -0.0114. The molecule has 1 fully saturated rings. The molecule has 5 amide bonds. The summed E-state index contributed by atoms with van der Waals surface area (Å²) < 4.78 is 9.58. The summed E-state index contributed by atoms with van der Waals surface area (Å²) in [6.07, 6.45) is 1.48. The number of benzene rings is 1. The Bertz CT molecular complexity index is 1130. The van der Waals surface area contributed by atoms with Crippen molar-refractivity contribution in [2.24, 2.45) is 5.92 Å². The highest BCUT2D eigenvalue weighted by molar-refractivity contribution is 6.29. The molecule has 1 aliphatic heterocycles. The molecule has 0 unspecified atom stereocenters. The minimum atomic E-state index is -1.72. The smallest absolute Gasteiger partial charge is 0.411 e. The Morgan fingerprint density at radius 1 is 1.10 bits per heavy atom. The second kappa shape index (κ2) is 7.76. The third-order valence-electron chi connectivity index (χ3n) is 3.92. The molecule has 0 saturated carbocycles. The van der Waals surface area contributed by atoms with Crippen LogP contribution in [0.5, 0.6) is 0 Å². The van der Waals surface area contributed by atoms with Crippen molar-refractivity contribution in [3.05, 3.63) is 46.3 Å². The van der Waals surface area contributed by atoms with Crippen molar-refractivity contribution in [2.45, 2.75) is 0 Å². The molecule has 1 aliphatic rings. The molecule has 0 aliphatic carbocycles. The third kappa shape index (κ3) is 4.18. The van der Waals surface area contributed by atoms with Crippen LogP contribution in [-0.2, 0) is 19.1 Å². The van der Waals surface area contributed by atoms with E-state index in [1.807, 2.05) is 10.6 Å². The van der Waals surface area contributed by atoms with Crippen LogP contribution in [0.2, 0.25) is 0 Å². The van der Waals surface area contributed by atoms with Gasteiger partial charge in [-0.05, 0) is 23.8 Å². The molecule has 148 valence electrons. The first-order valence-electron chi connectivity index (χ1n) is 8.09. The summed E-state index contributed by atoms with van der Waals surface area (Å²) in [6, 6.07) is 4.55. The molecule has 0 bridgehead atoms. The first kappa shape index (κ1) is 19.5. The molecule has 2 heterocycles. The number of imide groups is 2. The van der Waals surface area contributed by atoms with Crippen LogP contribution in [-0.4, -0.2) is 36.8 Å². The lowest BCUT2D eigenvalue weighted by Crippen LogP contribution is -2.57. The Balaban J connectivity index is 1.91. The SMILES string of the molecule is COC(=O)Nc1ccc2c(/C=C/C(=O)C3C(=O)NC(=O)NC3=O)cc(=O)oc2c1. The highest BCUT2D eigenvalue weighted by Crippen LogP contribution is 2.22. The van der Waals surface area contributed by atoms with Gasteiger partial charge in [0, 0.05) is 23.2 Å². The average Bonchev–Trinajstić information content (AvgIpc) is 2.64. The number of nitrogens with one attached hydrogen (secondary N) is 3. The molecule has 0 atom stereocenters.